The molecule has 0 bridgehead atoms. The minimum atomic E-state index is -1.03. The van der Waals surface area contributed by atoms with Crippen LogP contribution in [0.15, 0.2) is 21.2 Å². The Morgan fingerprint density at radius 3 is 2.61 bits per heavy atom. The summed E-state index contributed by atoms with van der Waals surface area (Å²) >= 11 is 12.0. The molecule has 94 valence electrons. The highest BCUT2D eigenvalue weighted by Gasteiger charge is 2.22. The number of carbonyl (C=O) groups is 2. The van der Waals surface area contributed by atoms with Crippen molar-refractivity contribution in [3.8, 4) is 5.75 Å². The van der Waals surface area contributed by atoms with Crippen molar-refractivity contribution in [3.63, 3.8) is 0 Å². The normalized spacial score (nSPS) is 10.7. The van der Waals surface area contributed by atoms with Crippen LogP contribution in [0.4, 0.5) is 0 Å². The second-order valence-electron chi connectivity index (χ2n) is 3.43. The molecule has 1 N–H and O–H groups in total. The number of benzene rings is 1. The van der Waals surface area contributed by atoms with Gasteiger partial charge in [-0.1, -0.05) is 0 Å². The van der Waals surface area contributed by atoms with Crippen molar-refractivity contribution in [3.05, 3.63) is 26.8 Å². The van der Waals surface area contributed by atoms with Crippen molar-refractivity contribution in [2.24, 2.45) is 0 Å². The van der Waals surface area contributed by atoms with Gasteiger partial charge in [-0.25, -0.2) is 0 Å². The lowest BCUT2D eigenvalue weighted by molar-refractivity contribution is -0.108. The Morgan fingerprint density at radius 1 is 1.39 bits per heavy atom. The van der Waals surface area contributed by atoms with Crippen LogP contribution < -0.4 is 4.74 Å². The van der Waals surface area contributed by atoms with Crippen LogP contribution in [0.2, 0.25) is 0 Å². The maximum absolute atomic E-state index is 11.7. The summed E-state index contributed by atoms with van der Waals surface area (Å²) < 4.78 is 6.72. The predicted molar refractivity (Wildman–Crippen MR) is 75.4 cm³/mol. The molecule has 4 nitrogen and oxygen atoms in total. The Balaban J connectivity index is 2.83. The van der Waals surface area contributed by atoms with E-state index >= 15 is 0 Å². The molecule has 1 heterocycles. The Bertz CT molecular complexity index is 666. The molecule has 0 amide bonds. The van der Waals surface area contributed by atoms with Gasteiger partial charge in [0, 0.05) is 10.7 Å². The number of H-pyrrole nitrogens is 1. The summed E-state index contributed by atoms with van der Waals surface area (Å²) in [7, 11) is 1.49. The Kier molecular flexibility index (Phi) is 3.79. The highest BCUT2D eigenvalue weighted by atomic mass is 79.9. The van der Waals surface area contributed by atoms with Gasteiger partial charge in [0.05, 0.1) is 28.0 Å². The number of aromatic amines is 1. The van der Waals surface area contributed by atoms with Gasteiger partial charge in [-0.15, -0.1) is 0 Å². The Morgan fingerprint density at radius 2 is 2.06 bits per heavy atom. The van der Waals surface area contributed by atoms with Crippen LogP contribution in [0.1, 0.15) is 10.4 Å². The van der Waals surface area contributed by atoms with E-state index in [0.29, 0.717) is 16.7 Å². The molecule has 0 saturated carbocycles. The minimum Gasteiger partial charge on any atom is -0.496 e. The van der Waals surface area contributed by atoms with Crippen molar-refractivity contribution >= 4 is 65.4 Å². The van der Waals surface area contributed by atoms with E-state index in [0.717, 1.165) is 8.95 Å². The first-order chi connectivity index (χ1) is 8.47. The van der Waals surface area contributed by atoms with E-state index in [-0.39, 0.29) is 5.56 Å². The molecular formula is C11H6Br2ClNO3. The average molecular weight is 395 g/mol. The van der Waals surface area contributed by atoms with Gasteiger partial charge in [-0.3, -0.25) is 9.59 Å². The number of aromatic nitrogens is 1. The molecule has 2 aromatic rings. The summed E-state index contributed by atoms with van der Waals surface area (Å²) in [6, 6.07) is 1.70. The predicted octanol–water partition coefficient (Wildman–Crippen LogP) is 3.65. The molecular weight excluding hydrogens is 389 g/mol. The van der Waals surface area contributed by atoms with E-state index < -0.39 is 11.0 Å². The van der Waals surface area contributed by atoms with Gasteiger partial charge < -0.3 is 9.72 Å². The number of methoxy groups -OCH3 is 1. The van der Waals surface area contributed by atoms with E-state index in [1.54, 1.807) is 6.07 Å². The van der Waals surface area contributed by atoms with Crippen LogP contribution in [0.25, 0.3) is 10.9 Å². The van der Waals surface area contributed by atoms with Gasteiger partial charge in [0.2, 0.25) is 5.78 Å². The number of rotatable bonds is 3. The smallest absolute Gasteiger partial charge is 0.293 e. The SMILES string of the molecule is COc1cc(Br)c(Br)c2[nH]cc(C(=O)C(=O)Cl)c12. The topological polar surface area (TPSA) is 59.2 Å². The van der Waals surface area contributed by atoms with E-state index in [4.69, 9.17) is 16.3 Å². The first-order valence-electron chi connectivity index (χ1n) is 4.74. The highest BCUT2D eigenvalue weighted by molar-refractivity contribution is 9.13. The third-order valence-corrected chi connectivity index (χ3v) is 4.61. The third-order valence-electron chi connectivity index (χ3n) is 2.46. The number of ether oxygens (including phenoxy) is 1. The number of halogens is 3. The van der Waals surface area contributed by atoms with Crippen LogP contribution in [-0.2, 0) is 4.79 Å². The fraction of sp³-hybridized carbons (Fsp3) is 0.0909. The van der Waals surface area contributed by atoms with Gasteiger partial charge in [-0.2, -0.15) is 0 Å². The largest absolute Gasteiger partial charge is 0.496 e. The first-order valence-corrected chi connectivity index (χ1v) is 6.71. The summed E-state index contributed by atoms with van der Waals surface area (Å²) in [6.07, 6.45) is 1.44. The molecule has 18 heavy (non-hydrogen) atoms. The second-order valence-corrected chi connectivity index (χ2v) is 5.42. The second kappa shape index (κ2) is 5.03. The summed E-state index contributed by atoms with van der Waals surface area (Å²) in [5, 5.41) is -0.511. The standard InChI is InChI=1S/C11H6Br2ClNO3/c1-18-6-2-5(12)8(13)9-7(6)4(3-15-9)10(16)11(14)17/h2-3,15H,1H3. The van der Waals surface area contributed by atoms with Crippen LogP contribution in [0.5, 0.6) is 5.75 Å². The van der Waals surface area contributed by atoms with Crippen molar-refractivity contribution in [2.45, 2.75) is 0 Å². The molecule has 0 unspecified atom stereocenters. The van der Waals surface area contributed by atoms with Crippen molar-refractivity contribution in [2.75, 3.05) is 7.11 Å². The van der Waals surface area contributed by atoms with E-state index in [2.05, 4.69) is 36.8 Å². The number of nitrogens with one attached hydrogen (secondary N) is 1. The van der Waals surface area contributed by atoms with Gasteiger partial charge in [-0.05, 0) is 49.5 Å². The first kappa shape index (κ1) is 13.6. The molecule has 0 aliphatic rings. The van der Waals surface area contributed by atoms with Crippen LogP contribution in [0, 0.1) is 0 Å². The number of hydrogen-bond donors (Lipinski definition) is 1. The molecule has 1 aromatic carbocycles. The molecule has 2 rings (SSSR count). The van der Waals surface area contributed by atoms with E-state index in [1.165, 1.54) is 13.3 Å². The van der Waals surface area contributed by atoms with Crippen molar-refractivity contribution in [1.82, 2.24) is 4.98 Å². The lowest BCUT2D eigenvalue weighted by atomic mass is 10.1. The van der Waals surface area contributed by atoms with E-state index in [9.17, 15) is 9.59 Å². The number of ketones is 1. The molecule has 0 aliphatic heterocycles. The molecule has 0 fully saturated rings. The van der Waals surface area contributed by atoms with Crippen LogP contribution in [-0.4, -0.2) is 23.1 Å². The molecule has 0 atom stereocenters. The number of hydrogen-bond acceptors (Lipinski definition) is 3. The Labute approximate surface area is 124 Å². The fourth-order valence-electron chi connectivity index (χ4n) is 1.67. The van der Waals surface area contributed by atoms with Crippen molar-refractivity contribution in [1.29, 1.82) is 0 Å². The maximum Gasteiger partial charge on any atom is 0.293 e. The monoisotopic (exact) mass is 393 g/mol. The molecule has 1 aromatic heterocycles. The van der Waals surface area contributed by atoms with Gasteiger partial charge >= 0.3 is 0 Å². The zero-order valence-corrected chi connectivity index (χ0v) is 12.9. The summed E-state index contributed by atoms with van der Waals surface area (Å²) in [5.74, 6) is -0.293. The summed E-state index contributed by atoms with van der Waals surface area (Å²) in [4.78, 5) is 25.6. The summed E-state index contributed by atoms with van der Waals surface area (Å²) in [5.41, 5.74) is 0.845. The van der Waals surface area contributed by atoms with Crippen LogP contribution in [0.3, 0.4) is 0 Å². The number of Topliss-reactive ketones (excluding diaryl/α,β-unsaturated/α-hetero) is 1. The number of fused-ring (bicyclic) bond motifs is 1. The van der Waals surface area contributed by atoms with E-state index in [1.807, 2.05) is 0 Å². The minimum absolute atomic E-state index is 0.190. The zero-order valence-electron chi connectivity index (χ0n) is 9.01. The average Bonchev–Trinajstić information content (AvgIpc) is 2.77. The fourth-order valence-corrected chi connectivity index (χ4v) is 2.60. The molecule has 0 saturated heterocycles. The third kappa shape index (κ3) is 2.08. The van der Waals surface area contributed by atoms with Crippen molar-refractivity contribution < 1.29 is 14.3 Å². The lowest BCUT2D eigenvalue weighted by Gasteiger charge is -2.06. The van der Waals surface area contributed by atoms with Gasteiger partial charge in [0.25, 0.3) is 5.24 Å². The molecule has 7 heteroatoms. The quantitative estimate of drug-likeness (QED) is 0.490. The highest BCUT2D eigenvalue weighted by Crippen LogP contribution is 2.39. The summed E-state index contributed by atoms with van der Waals surface area (Å²) in [6.45, 7) is 0. The molecule has 0 radical (unpaired) electrons. The van der Waals surface area contributed by atoms with Crippen LogP contribution >= 0.6 is 43.5 Å². The maximum atomic E-state index is 11.7. The molecule has 0 aliphatic carbocycles. The Hall–Kier alpha value is -0.850. The number of carbonyl (C=O) groups excluding carboxylic acids is 2. The van der Waals surface area contributed by atoms with Gasteiger partial charge in [0.15, 0.2) is 0 Å². The van der Waals surface area contributed by atoms with Gasteiger partial charge in [0.1, 0.15) is 5.75 Å². The zero-order chi connectivity index (χ0) is 13.4. The lowest BCUT2D eigenvalue weighted by Crippen LogP contribution is -2.06. The molecule has 0 spiro atoms.